The Morgan fingerprint density at radius 2 is 1.82 bits per heavy atom. The highest BCUT2D eigenvalue weighted by Gasteiger charge is 2.31. The highest BCUT2D eigenvalue weighted by Crippen LogP contribution is 2.26. The summed E-state index contributed by atoms with van der Waals surface area (Å²) in [6.45, 7) is 11.7. The minimum absolute atomic E-state index is 0.0459. The molecule has 2 amide bonds. The van der Waals surface area contributed by atoms with E-state index in [1.54, 1.807) is 27.7 Å². The molecule has 1 aromatic carbocycles. The first-order chi connectivity index (χ1) is 16.1. The van der Waals surface area contributed by atoms with Gasteiger partial charge in [-0.1, -0.05) is 27.7 Å². The number of aromatic nitrogens is 3. The van der Waals surface area contributed by atoms with E-state index in [9.17, 15) is 14.0 Å². The predicted octanol–water partition coefficient (Wildman–Crippen LogP) is 4.38. The highest BCUT2D eigenvalue weighted by atomic mass is 19.1. The molecule has 0 bridgehead atoms. The van der Waals surface area contributed by atoms with Crippen molar-refractivity contribution in [1.82, 2.24) is 24.4 Å². The zero-order valence-electron chi connectivity index (χ0n) is 20.5. The van der Waals surface area contributed by atoms with E-state index in [4.69, 9.17) is 0 Å². The second-order valence-electron chi connectivity index (χ2n) is 9.83. The Morgan fingerprint density at radius 3 is 2.44 bits per heavy atom. The van der Waals surface area contributed by atoms with Crippen LogP contribution in [0.4, 0.5) is 4.39 Å². The van der Waals surface area contributed by atoms with E-state index < -0.39 is 0 Å². The molecular formula is C26H32FN5O2. The third kappa shape index (κ3) is 4.81. The lowest BCUT2D eigenvalue weighted by Gasteiger charge is -2.40. The molecule has 4 rings (SSSR count). The number of carbonyl (C=O) groups is 2. The number of carbonyl (C=O) groups excluding carboxylic acids is 2. The number of fused-ring (bicyclic) bond motifs is 1. The van der Waals surface area contributed by atoms with Crippen LogP contribution in [0.25, 0.3) is 16.9 Å². The highest BCUT2D eigenvalue weighted by molar-refractivity contribution is 5.93. The van der Waals surface area contributed by atoms with Gasteiger partial charge in [-0.15, -0.1) is 0 Å². The van der Waals surface area contributed by atoms with Crippen LogP contribution in [0.1, 0.15) is 63.0 Å². The molecule has 0 aliphatic carbocycles. The van der Waals surface area contributed by atoms with Crippen molar-refractivity contribution in [1.29, 1.82) is 0 Å². The van der Waals surface area contributed by atoms with E-state index in [0.717, 1.165) is 11.1 Å². The number of benzene rings is 1. The molecule has 180 valence electrons. The van der Waals surface area contributed by atoms with E-state index in [1.165, 1.54) is 12.1 Å². The Bertz CT molecular complexity index is 1200. The smallest absolute Gasteiger partial charge is 0.274 e. The van der Waals surface area contributed by atoms with Crippen LogP contribution in [0.15, 0.2) is 36.5 Å². The molecule has 0 spiro atoms. The van der Waals surface area contributed by atoms with Gasteiger partial charge in [0.25, 0.3) is 5.91 Å². The summed E-state index contributed by atoms with van der Waals surface area (Å²) >= 11 is 0. The molecule has 0 unspecified atom stereocenters. The zero-order chi connectivity index (χ0) is 24.6. The van der Waals surface area contributed by atoms with Gasteiger partial charge in [0.1, 0.15) is 11.5 Å². The van der Waals surface area contributed by atoms with E-state index in [1.807, 2.05) is 31.7 Å². The van der Waals surface area contributed by atoms with Gasteiger partial charge in [-0.25, -0.2) is 13.9 Å². The normalized spacial score (nSPS) is 16.6. The number of rotatable bonds is 5. The van der Waals surface area contributed by atoms with E-state index in [2.05, 4.69) is 23.9 Å². The first-order valence-corrected chi connectivity index (χ1v) is 11.9. The van der Waals surface area contributed by atoms with Gasteiger partial charge >= 0.3 is 0 Å². The van der Waals surface area contributed by atoms with Crippen molar-refractivity contribution in [3.05, 3.63) is 53.6 Å². The number of hydrogen-bond donors (Lipinski definition) is 0. The molecule has 8 heteroatoms. The predicted molar refractivity (Wildman–Crippen MR) is 129 cm³/mol. The van der Waals surface area contributed by atoms with Crippen LogP contribution >= 0.6 is 0 Å². The summed E-state index contributed by atoms with van der Waals surface area (Å²) < 4.78 is 15.0. The average molecular weight is 466 g/mol. The van der Waals surface area contributed by atoms with Crippen molar-refractivity contribution in [2.75, 3.05) is 19.6 Å². The van der Waals surface area contributed by atoms with Gasteiger partial charge in [-0.05, 0) is 49.1 Å². The molecule has 3 heterocycles. The van der Waals surface area contributed by atoms with E-state index in [0.29, 0.717) is 49.0 Å². The fourth-order valence-corrected chi connectivity index (χ4v) is 4.43. The molecule has 1 aliphatic rings. The van der Waals surface area contributed by atoms with Gasteiger partial charge in [-0.3, -0.25) is 9.59 Å². The summed E-state index contributed by atoms with van der Waals surface area (Å²) in [5.41, 5.74) is 3.43. The summed E-state index contributed by atoms with van der Waals surface area (Å²) in [7, 11) is 0. The number of hydrogen-bond acceptors (Lipinski definition) is 4. The molecule has 3 aromatic rings. The minimum Gasteiger partial charge on any atom is -0.336 e. The van der Waals surface area contributed by atoms with Crippen LogP contribution in [0, 0.1) is 11.7 Å². The van der Waals surface area contributed by atoms with Gasteiger partial charge in [0.05, 0.1) is 11.9 Å². The van der Waals surface area contributed by atoms with Gasteiger partial charge in [0.2, 0.25) is 5.91 Å². The standard InChI is InChI=1S/C26H32FN5O2/c1-16(2)12-24(33)31-11-10-30(14-18(31)5)26(34)23-15-32-25(28-23)21(17(3)4)13-22(29-32)19-6-8-20(27)9-7-19/h6-9,13,15-18H,10-12,14H2,1-5H3/t18-/m0/s1. The quantitative estimate of drug-likeness (QED) is 0.561. The van der Waals surface area contributed by atoms with E-state index >= 15 is 0 Å². The van der Waals surface area contributed by atoms with E-state index in [-0.39, 0.29) is 29.6 Å². The molecule has 0 radical (unpaired) electrons. The molecule has 7 nitrogen and oxygen atoms in total. The summed E-state index contributed by atoms with van der Waals surface area (Å²) in [5, 5.41) is 4.65. The number of halogens is 1. The van der Waals surface area contributed by atoms with Crippen molar-refractivity contribution in [2.45, 2.75) is 53.0 Å². The Kier molecular flexibility index (Phi) is 6.68. The second-order valence-corrected chi connectivity index (χ2v) is 9.83. The first kappa shape index (κ1) is 23.9. The number of piperazine rings is 1. The van der Waals surface area contributed by atoms with Crippen LogP contribution < -0.4 is 0 Å². The lowest BCUT2D eigenvalue weighted by Crippen LogP contribution is -2.55. The summed E-state index contributed by atoms with van der Waals surface area (Å²) in [5.74, 6) is 0.141. The summed E-state index contributed by atoms with van der Waals surface area (Å²) in [6, 6.07) is 8.11. The van der Waals surface area contributed by atoms with Crippen molar-refractivity contribution in [2.24, 2.45) is 5.92 Å². The second kappa shape index (κ2) is 9.52. The van der Waals surface area contributed by atoms with Crippen LogP contribution in [-0.4, -0.2) is 61.9 Å². The van der Waals surface area contributed by atoms with Gasteiger partial charge < -0.3 is 9.80 Å². The number of nitrogens with zero attached hydrogens (tertiary/aromatic N) is 5. The van der Waals surface area contributed by atoms with Gasteiger partial charge in [0, 0.05) is 43.2 Å². The van der Waals surface area contributed by atoms with Crippen LogP contribution in [0.3, 0.4) is 0 Å². The third-order valence-electron chi connectivity index (χ3n) is 6.25. The van der Waals surface area contributed by atoms with Crippen molar-refractivity contribution >= 4 is 17.5 Å². The minimum atomic E-state index is -0.301. The third-order valence-corrected chi connectivity index (χ3v) is 6.25. The molecule has 2 aromatic heterocycles. The summed E-state index contributed by atoms with van der Waals surface area (Å²) in [4.78, 5) is 34.1. The molecular weight excluding hydrogens is 433 g/mol. The summed E-state index contributed by atoms with van der Waals surface area (Å²) in [6.07, 6.45) is 2.18. The van der Waals surface area contributed by atoms with Crippen molar-refractivity contribution in [3.8, 4) is 11.3 Å². The molecule has 1 fully saturated rings. The largest absolute Gasteiger partial charge is 0.336 e. The van der Waals surface area contributed by atoms with Crippen LogP contribution in [-0.2, 0) is 4.79 Å². The fourth-order valence-electron chi connectivity index (χ4n) is 4.43. The number of amides is 2. The number of imidazole rings is 1. The van der Waals surface area contributed by atoms with Gasteiger partial charge in [0.15, 0.2) is 5.65 Å². The Morgan fingerprint density at radius 1 is 1.12 bits per heavy atom. The fraction of sp³-hybridized carbons (Fsp3) is 0.462. The molecule has 34 heavy (non-hydrogen) atoms. The maximum Gasteiger partial charge on any atom is 0.274 e. The molecule has 1 aliphatic heterocycles. The monoisotopic (exact) mass is 465 g/mol. The topological polar surface area (TPSA) is 70.8 Å². The average Bonchev–Trinajstić information content (AvgIpc) is 3.21. The SMILES string of the molecule is CC(C)CC(=O)N1CCN(C(=O)c2cn3nc(-c4ccc(F)cc4)cc(C(C)C)c3n2)C[C@@H]1C. The maximum atomic E-state index is 13.4. The molecule has 1 atom stereocenters. The Labute approximate surface area is 199 Å². The lowest BCUT2D eigenvalue weighted by molar-refractivity contribution is -0.136. The maximum absolute atomic E-state index is 13.4. The van der Waals surface area contributed by atoms with Crippen molar-refractivity contribution in [3.63, 3.8) is 0 Å². The lowest BCUT2D eigenvalue weighted by atomic mass is 10.0. The molecule has 0 saturated carbocycles. The zero-order valence-corrected chi connectivity index (χ0v) is 20.5. The van der Waals surface area contributed by atoms with Crippen LogP contribution in [0.5, 0.6) is 0 Å². The Balaban J connectivity index is 1.60. The molecule has 1 saturated heterocycles. The van der Waals surface area contributed by atoms with Crippen molar-refractivity contribution < 1.29 is 14.0 Å². The van der Waals surface area contributed by atoms with Gasteiger partial charge in [-0.2, -0.15) is 5.10 Å². The molecule has 0 N–H and O–H groups in total. The first-order valence-electron chi connectivity index (χ1n) is 11.9. The van der Waals surface area contributed by atoms with Crippen LogP contribution in [0.2, 0.25) is 0 Å². The Hall–Kier alpha value is -3.29.